The summed E-state index contributed by atoms with van der Waals surface area (Å²) in [5, 5.41) is 26.2. The third-order valence-corrected chi connectivity index (χ3v) is 6.86. The fourth-order valence-electron chi connectivity index (χ4n) is 3.30. The van der Waals surface area contributed by atoms with Crippen LogP contribution in [0.4, 0.5) is 17.1 Å². The van der Waals surface area contributed by atoms with E-state index in [1.54, 1.807) is 0 Å². The average Bonchev–Trinajstić information content (AvgIpc) is 2.91. The molecule has 38 heavy (non-hydrogen) atoms. The summed E-state index contributed by atoms with van der Waals surface area (Å²) in [6, 6.07) is 14.3. The van der Waals surface area contributed by atoms with Crippen LogP contribution in [0.1, 0.15) is 5.56 Å². The summed E-state index contributed by atoms with van der Waals surface area (Å²) in [5.74, 6) is -0.564. The zero-order chi connectivity index (χ0) is 27.9. The van der Waals surface area contributed by atoms with Crippen LogP contribution in [0.15, 0.2) is 76.7 Å². The average molecular weight is 544 g/mol. The van der Waals surface area contributed by atoms with Crippen LogP contribution in [-0.2, 0) is 14.8 Å². The Morgan fingerprint density at radius 3 is 2.39 bits per heavy atom. The second-order valence-corrected chi connectivity index (χ2v) is 9.25. The van der Waals surface area contributed by atoms with E-state index in [0.717, 1.165) is 18.3 Å². The Balaban J connectivity index is 1.99. The number of hydrazone groups is 1. The van der Waals surface area contributed by atoms with Crippen LogP contribution < -0.4 is 19.2 Å². The quantitative estimate of drug-likeness (QED) is 0.216. The van der Waals surface area contributed by atoms with Gasteiger partial charge in [0.25, 0.3) is 27.3 Å². The van der Waals surface area contributed by atoms with Gasteiger partial charge in [0.1, 0.15) is 18.0 Å². The largest absolute Gasteiger partial charge is 0.497 e. The minimum absolute atomic E-state index is 0.0133. The van der Waals surface area contributed by atoms with Crippen molar-refractivity contribution >= 4 is 39.2 Å². The molecule has 0 saturated carbocycles. The fourth-order valence-corrected chi connectivity index (χ4v) is 4.89. The zero-order valence-corrected chi connectivity index (χ0v) is 20.8. The van der Waals surface area contributed by atoms with Gasteiger partial charge in [0.15, 0.2) is 4.90 Å². The van der Waals surface area contributed by atoms with Crippen molar-refractivity contribution in [1.82, 2.24) is 5.43 Å². The maximum absolute atomic E-state index is 13.7. The predicted molar refractivity (Wildman–Crippen MR) is 136 cm³/mol. The summed E-state index contributed by atoms with van der Waals surface area (Å²) in [4.78, 5) is 33.2. The molecule has 0 fully saturated rings. The molecule has 3 aromatic carbocycles. The standard InChI is InChI=1S/C23H21N5O9S/c1-36-18-10-11-19(21(13-18)37-2)26(38(34,35)22-9-4-3-8-20(22)28(32)33)15-23(29)25-24-14-16-6-5-7-17(12-16)27(30)31/h3-14H,15H2,1-2H3,(H,25,29)/b24-14+. The van der Waals surface area contributed by atoms with E-state index in [-0.39, 0.29) is 17.1 Å². The topological polar surface area (TPSA) is 184 Å². The van der Waals surface area contributed by atoms with Crippen LogP contribution >= 0.6 is 0 Å². The molecule has 0 radical (unpaired) electrons. The van der Waals surface area contributed by atoms with E-state index in [1.807, 2.05) is 0 Å². The fraction of sp³-hybridized carbons (Fsp3) is 0.130. The summed E-state index contributed by atoms with van der Waals surface area (Å²) in [6.45, 7) is -0.844. The van der Waals surface area contributed by atoms with Crippen molar-refractivity contribution in [1.29, 1.82) is 0 Å². The minimum atomic E-state index is -4.69. The molecule has 1 N–H and O–H groups in total. The number of non-ortho nitro benzene ring substituents is 1. The molecule has 0 aliphatic carbocycles. The first kappa shape index (κ1) is 27.5. The van der Waals surface area contributed by atoms with E-state index in [2.05, 4.69) is 10.5 Å². The molecule has 1 amide bonds. The van der Waals surface area contributed by atoms with Gasteiger partial charge in [-0.3, -0.25) is 29.3 Å². The van der Waals surface area contributed by atoms with Gasteiger partial charge < -0.3 is 9.47 Å². The Morgan fingerprint density at radius 2 is 1.74 bits per heavy atom. The number of hydrogen-bond donors (Lipinski definition) is 1. The molecule has 0 heterocycles. The molecule has 0 aliphatic rings. The van der Waals surface area contributed by atoms with Gasteiger partial charge in [0, 0.05) is 29.8 Å². The number of nitrogens with one attached hydrogen (secondary N) is 1. The van der Waals surface area contributed by atoms with Crippen molar-refractivity contribution in [2.24, 2.45) is 5.10 Å². The molecule has 0 unspecified atom stereocenters. The lowest BCUT2D eigenvalue weighted by atomic mass is 10.2. The number of benzene rings is 3. The van der Waals surface area contributed by atoms with Gasteiger partial charge in [-0.15, -0.1) is 0 Å². The maximum atomic E-state index is 13.7. The number of hydrogen-bond acceptors (Lipinski definition) is 10. The molecule has 0 aliphatic heterocycles. The Hall–Kier alpha value is -5.05. The van der Waals surface area contributed by atoms with Crippen LogP contribution in [0.25, 0.3) is 0 Å². The molecular weight excluding hydrogens is 522 g/mol. The van der Waals surface area contributed by atoms with Gasteiger partial charge in [-0.2, -0.15) is 5.10 Å². The highest BCUT2D eigenvalue weighted by molar-refractivity contribution is 7.93. The SMILES string of the molecule is COc1ccc(N(CC(=O)N/N=C/c2cccc([N+](=O)[O-])c2)S(=O)(=O)c2ccccc2[N+](=O)[O-])c(OC)c1. The second-order valence-electron chi connectivity index (χ2n) is 7.42. The molecule has 3 aromatic rings. The number of ether oxygens (including phenoxy) is 2. The molecule has 0 atom stereocenters. The third-order valence-electron chi connectivity index (χ3n) is 5.06. The third kappa shape index (κ3) is 6.19. The van der Waals surface area contributed by atoms with Crippen molar-refractivity contribution in [3.8, 4) is 11.5 Å². The molecule has 0 spiro atoms. The number of amides is 1. The molecule has 3 rings (SSSR count). The van der Waals surface area contributed by atoms with Gasteiger partial charge in [-0.05, 0) is 18.2 Å². The number of sulfonamides is 1. The summed E-state index contributed by atoms with van der Waals surface area (Å²) < 4.78 is 38.4. The van der Waals surface area contributed by atoms with E-state index in [9.17, 15) is 33.4 Å². The van der Waals surface area contributed by atoms with Gasteiger partial charge in [0.05, 0.1) is 36.0 Å². The van der Waals surface area contributed by atoms with Gasteiger partial charge in [-0.25, -0.2) is 13.8 Å². The Kier molecular flexibility index (Phi) is 8.54. The Bertz CT molecular complexity index is 1510. The van der Waals surface area contributed by atoms with Crippen LogP contribution in [0.5, 0.6) is 11.5 Å². The summed E-state index contributed by atoms with van der Waals surface area (Å²) >= 11 is 0. The Morgan fingerprint density at radius 1 is 1.00 bits per heavy atom. The summed E-state index contributed by atoms with van der Waals surface area (Å²) in [5.41, 5.74) is 1.50. The van der Waals surface area contributed by atoms with E-state index >= 15 is 0 Å². The first-order valence-electron chi connectivity index (χ1n) is 10.6. The second kappa shape index (κ2) is 11.8. The number of nitro groups is 2. The number of para-hydroxylation sites is 1. The molecule has 0 aromatic heterocycles. The first-order valence-corrected chi connectivity index (χ1v) is 12.1. The number of carbonyl (C=O) groups is 1. The molecule has 15 heteroatoms. The number of nitro benzene ring substituents is 2. The van der Waals surface area contributed by atoms with Crippen LogP contribution in [-0.4, -0.2) is 51.2 Å². The normalized spacial score (nSPS) is 11.1. The van der Waals surface area contributed by atoms with Crippen molar-refractivity contribution < 1.29 is 32.5 Å². The van der Waals surface area contributed by atoms with Crippen LogP contribution in [0, 0.1) is 20.2 Å². The van der Waals surface area contributed by atoms with E-state index in [1.165, 1.54) is 68.8 Å². The number of nitrogens with zero attached hydrogens (tertiary/aromatic N) is 4. The number of rotatable bonds is 11. The lowest BCUT2D eigenvalue weighted by molar-refractivity contribution is -0.387. The zero-order valence-electron chi connectivity index (χ0n) is 20.0. The lowest BCUT2D eigenvalue weighted by Gasteiger charge is -2.25. The molecule has 0 saturated heterocycles. The highest BCUT2D eigenvalue weighted by Crippen LogP contribution is 2.37. The lowest BCUT2D eigenvalue weighted by Crippen LogP contribution is -2.40. The van der Waals surface area contributed by atoms with Crippen molar-refractivity contribution in [2.45, 2.75) is 4.90 Å². The monoisotopic (exact) mass is 543 g/mol. The van der Waals surface area contributed by atoms with E-state index in [4.69, 9.17) is 9.47 Å². The molecule has 14 nitrogen and oxygen atoms in total. The molecule has 198 valence electrons. The highest BCUT2D eigenvalue weighted by atomic mass is 32.2. The maximum Gasteiger partial charge on any atom is 0.289 e. The van der Waals surface area contributed by atoms with Gasteiger partial charge >= 0.3 is 0 Å². The van der Waals surface area contributed by atoms with Crippen molar-refractivity contribution in [2.75, 3.05) is 25.1 Å². The smallest absolute Gasteiger partial charge is 0.289 e. The van der Waals surface area contributed by atoms with Gasteiger partial charge in [0.2, 0.25) is 0 Å². The van der Waals surface area contributed by atoms with Crippen LogP contribution in [0.2, 0.25) is 0 Å². The number of methoxy groups -OCH3 is 2. The van der Waals surface area contributed by atoms with Crippen molar-refractivity contribution in [3.05, 3.63) is 92.5 Å². The van der Waals surface area contributed by atoms with Crippen molar-refractivity contribution in [3.63, 3.8) is 0 Å². The van der Waals surface area contributed by atoms with Gasteiger partial charge in [-0.1, -0.05) is 24.3 Å². The minimum Gasteiger partial charge on any atom is -0.497 e. The predicted octanol–water partition coefficient (Wildman–Crippen LogP) is 2.87. The van der Waals surface area contributed by atoms with E-state index in [0.29, 0.717) is 15.6 Å². The highest BCUT2D eigenvalue weighted by Gasteiger charge is 2.34. The van der Waals surface area contributed by atoms with Crippen LogP contribution in [0.3, 0.4) is 0 Å². The summed E-state index contributed by atoms with van der Waals surface area (Å²) in [6.07, 6.45) is 1.14. The molecule has 0 bridgehead atoms. The first-order chi connectivity index (χ1) is 18.1. The number of carbonyl (C=O) groups excluding carboxylic acids is 1. The Labute approximate surface area is 216 Å². The van der Waals surface area contributed by atoms with E-state index < -0.39 is 42.9 Å². The molecular formula is C23H21N5O9S. The number of anilines is 1. The summed E-state index contributed by atoms with van der Waals surface area (Å²) in [7, 11) is -2.02.